The van der Waals surface area contributed by atoms with Crippen LogP contribution >= 0.6 is 11.6 Å². The fourth-order valence-corrected chi connectivity index (χ4v) is 2.77. The highest BCUT2D eigenvalue weighted by Crippen LogP contribution is 2.28. The monoisotopic (exact) mass is 276 g/mol. The van der Waals surface area contributed by atoms with Crippen LogP contribution in [0.1, 0.15) is 44.1 Å². The molecule has 100 valence electrons. The van der Waals surface area contributed by atoms with Gasteiger partial charge < -0.3 is 5.32 Å². The van der Waals surface area contributed by atoms with Gasteiger partial charge in [0.2, 0.25) is 5.91 Å². The summed E-state index contributed by atoms with van der Waals surface area (Å²) in [5.74, 6) is 0.518. The molecular weight excluding hydrogens is 260 g/mol. The van der Waals surface area contributed by atoms with Gasteiger partial charge in [-0.3, -0.25) is 4.79 Å². The topological polar surface area (TPSA) is 52.9 Å². The summed E-state index contributed by atoms with van der Waals surface area (Å²) in [6, 6.07) is 6.92. The van der Waals surface area contributed by atoms with E-state index in [2.05, 4.69) is 5.32 Å². The molecule has 1 amide bonds. The first-order valence-electron chi connectivity index (χ1n) is 6.68. The van der Waals surface area contributed by atoms with E-state index < -0.39 is 0 Å². The van der Waals surface area contributed by atoms with Crippen LogP contribution in [0.2, 0.25) is 5.02 Å². The van der Waals surface area contributed by atoms with Crippen molar-refractivity contribution in [3.05, 3.63) is 28.8 Å². The van der Waals surface area contributed by atoms with Gasteiger partial charge in [-0.15, -0.1) is 0 Å². The third-order valence-corrected chi connectivity index (χ3v) is 3.88. The molecule has 2 rings (SSSR count). The summed E-state index contributed by atoms with van der Waals surface area (Å²) in [6.45, 7) is 0. The molecular formula is C15H17ClN2O. The zero-order valence-electron chi connectivity index (χ0n) is 10.8. The van der Waals surface area contributed by atoms with Crippen LogP contribution in [-0.2, 0) is 4.79 Å². The van der Waals surface area contributed by atoms with Gasteiger partial charge in [-0.1, -0.05) is 30.9 Å². The number of rotatable bonds is 3. The Hall–Kier alpha value is -1.53. The van der Waals surface area contributed by atoms with E-state index in [0.29, 0.717) is 28.6 Å². The van der Waals surface area contributed by atoms with Crippen LogP contribution in [0, 0.1) is 17.2 Å². The summed E-state index contributed by atoms with van der Waals surface area (Å²) >= 11 is 6.03. The van der Waals surface area contributed by atoms with Crippen LogP contribution in [0.4, 0.5) is 5.69 Å². The van der Waals surface area contributed by atoms with Crippen molar-refractivity contribution in [3.63, 3.8) is 0 Å². The van der Waals surface area contributed by atoms with Gasteiger partial charge >= 0.3 is 0 Å². The zero-order chi connectivity index (χ0) is 13.7. The molecule has 0 radical (unpaired) electrons. The Morgan fingerprint density at radius 2 is 2.11 bits per heavy atom. The number of carbonyl (C=O) groups is 1. The van der Waals surface area contributed by atoms with Crippen molar-refractivity contribution in [3.8, 4) is 6.07 Å². The van der Waals surface area contributed by atoms with Gasteiger partial charge in [0.1, 0.15) is 0 Å². The SMILES string of the molecule is N#Cc1ccc(NC(=O)CC2CCCCC2)c(Cl)c1. The summed E-state index contributed by atoms with van der Waals surface area (Å²) in [5.41, 5.74) is 1.08. The molecule has 0 spiro atoms. The third kappa shape index (κ3) is 3.97. The van der Waals surface area contributed by atoms with Gasteiger partial charge in [-0.2, -0.15) is 5.26 Å². The van der Waals surface area contributed by atoms with Gasteiger partial charge in [-0.05, 0) is 37.0 Å². The van der Waals surface area contributed by atoms with Crippen LogP contribution in [0.3, 0.4) is 0 Å². The molecule has 4 heteroatoms. The van der Waals surface area contributed by atoms with Crippen LogP contribution in [-0.4, -0.2) is 5.91 Å². The van der Waals surface area contributed by atoms with Crippen molar-refractivity contribution in [2.24, 2.45) is 5.92 Å². The summed E-state index contributed by atoms with van der Waals surface area (Å²) in [5, 5.41) is 12.0. The number of hydrogen-bond donors (Lipinski definition) is 1. The van der Waals surface area contributed by atoms with Gasteiger partial charge in [-0.25, -0.2) is 0 Å². The van der Waals surface area contributed by atoms with Crippen LogP contribution in [0.5, 0.6) is 0 Å². The predicted octanol–water partition coefficient (Wildman–Crippen LogP) is 4.12. The molecule has 0 aromatic heterocycles. The maximum absolute atomic E-state index is 12.0. The summed E-state index contributed by atoms with van der Waals surface area (Å²) in [4.78, 5) is 12.0. The molecule has 19 heavy (non-hydrogen) atoms. The molecule has 3 nitrogen and oxygen atoms in total. The van der Waals surface area contributed by atoms with Crippen LogP contribution < -0.4 is 5.32 Å². The van der Waals surface area contributed by atoms with Crippen LogP contribution in [0.25, 0.3) is 0 Å². The first-order valence-corrected chi connectivity index (χ1v) is 7.06. The molecule has 1 aromatic carbocycles. The van der Waals surface area contributed by atoms with Gasteiger partial charge in [0, 0.05) is 6.42 Å². The quantitative estimate of drug-likeness (QED) is 0.903. The number of nitrogens with zero attached hydrogens (tertiary/aromatic N) is 1. The Bertz CT molecular complexity index is 501. The number of halogens is 1. The van der Waals surface area contributed by atoms with Crippen molar-refractivity contribution in [2.75, 3.05) is 5.32 Å². The zero-order valence-corrected chi connectivity index (χ0v) is 11.5. The fraction of sp³-hybridized carbons (Fsp3) is 0.467. The molecule has 1 saturated carbocycles. The standard InChI is InChI=1S/C15H17ClN2O/c16-13-8-12(10-17)6-7-14(13)18-15(19)9-11-4-2-1-3-5-11/h6-8,11H,1-5,9H2,(H,18,19). The third-order valence-electron chi connectivity index (χ3n) is 3.57. The van der Waals surface area contributed by atoms with E-state index in [0.717, 1.165) is 12.8 Å². The van der Waals surface area contributed by atoms with E-state index in [9.17, 15) is 4.79 Å². The van der Waals surface area contributed by atoms with Crippen molar-refractivity contribution >= 4 is 23.2 Å². The highest BCUT2D eigenvalue weighted by atomic mass is 35.5. The average molecular weight is 277 g/mol. The lowest BCUT2D eigenvalue weighted by Gasteiger charge is -2.20. The normalized spacial score (nSPS) is 15.8. The van der Waals surface area contributed by atoms with E-state index >= 15 is 0 Å². The Kier molecular flexibility index (Phi) is 4.81. The second-order valence-electron chi connectivity index (χ2n) is 5.06. The summed E-state index contributed by atoms with van der Waals surface area (Å²) in [6.07, 6.45) is 6.62. The number of amides is 1. The van der Waals surface area contributed by atoms with Crippen molar-refractivity contribution in [1.82, 2.24) is 0 Å². The molecule has 0 atom stereocenters. The maximum Gasteiger partial charge on any atom is 0.224 e. The molecule has 1 N–H and O–H groups in total. The molecule has 1 aromatic rings. The highest BCUT2D eigenvalue weighted by Gasteiger charge is 2.17. The number of benzene rings is 1. The van der Waals surface area contributed by atoms with Gasteiger partial charge in [0.25, 0.3) is 0 Å². The Labute approximate surface area is 118 Å². The van der Waals surface area contributed by atoms with E-state index in [-0.39, 0.29) is 5.91 Å². The minimum absolute atomic E-state index is 0.0125. The lowest BCUT2D eigenvalue weighted by Crippen LogP contribution is -2.18. The van der Waals surface area contributed by atoms with Crippen molar-refractivity contribution < 1.29 is 4.79 Å². The Morgan fingerprint density at radius 3 is 2.74 bits per heavy atom. The first-order chi connectivity index (χ1) is 9.19. The molecule has 0 heterocycles. The minimum Gasteiger partial charge on any atom is -0.325 e. The second kappa shape index (κ2) is 6.58. The Morgan fingerprint density at radius 1 is 1.37 bits per heavy atom. The molecule has 1 fully saturated rings. The van der Waals surface area contributed by atoms with Crippen LogP contribution in [0.15, 0.2) is 18.2 Å². The van der Waals surface area contributed by atoms with Crippen molar-refractivity contribution in [2.45, 2.75) is 38.5 Å². The minimum atomic E-state index is 0.0125. The largest absolute Gasteiger partial charge is 0.325 e. The lowest BCUT2D eigenvalue weighted by molar-refractivity contribution is -0.117. The number of hydrogen-bond acceptors (Lipinski definition) is 2. The van der Waals surface area contributed by atoms with Gasteiger partial charge in [0.15, 0.2) is 0 Å². The average Bonchev–Trinajstić information content (AvgIpc) is 2.42. The summed E-state index contributed by atoms with van der Waals surface area (Å²) in [7, 11) is 0. The Balaban J connectivity index is 1.93. The molecule has 0 aliphatic heterocycles. The van der Waals surface area contributed by atoms with E-state index in [1.807, 2.05) is 6.07 Å². The van der Waals surface area contributed by atoms with E-state index in [4.69, 9.17) is 16.9 Å². The molecule has 0 unspecified atom stereocenters. The van der Waals surface area contributed by atoms with E-state index in [1.165, 1.54) is 19.3 Å². The number of carbonyl (C=O) groups excluding carboxylic acids is 1. The molecule has 0 saturated heterocycles. The highest BCUT2D eigenvalue weighted by molar-refractivity contribution is 6.33. The van der Waals surface area contributed by atoms with Crippen molar-refractivity contribution in [1.29, 1.82) is 5.26 Å². The smallest absolute Gasteiger partial charge is 0.224 e. The molecule has 1 aliphatic carbocycles. The number of nitrogens with one attached hydrogen (secondary N) is 1. The fourth-order valence-electron chi connectivity index (χ4n) is 2.54. The lowest BCUT2D eigenvalue weighted by atomic mass is 9.87. The summed E-state index contributed by atoms with van der Waals surface area (Å²) < 4.78 is 0. The predicted molar refractivity (Wildman–Crippen MR) is 76.0 cm³/mol. The molecule has 0 bridgehead atoms. The first kappa shape index (κ1) is 13.9. The maximum atomic E-state index is 12.0. The van der Waals surface area contributed by atoms with E-state index in [1.54, 1.807) is 18.2 Å². The number of anilines is 1. The second-order valence-corrected chi connectivity index (χ2v) is 5.47. The molecule has 1 aliphatic rings. The number of nitriles is 1. The van der Waals surface area contributed by atoms with Gasteiger partial charge in [0.05, 0.1) is 22.3 Å².